The molecule has 0 aliphatic heterocycles. The number of carbonyl (C=O) groups excluding carboxylic acids is 1. The number of aryl methyl sites for hydroxylation is 1. The third kappa shape index (κ3) is 4.23. The van der Waals surface area contributed by atoms with E-state index in [9.17, 15) is 4.79 Å². The van der Waals surface area contributed by atoms with E-state index in [0.717, 1.165) is 15.2 Å². The quantitative estimate of drug-likeness (QED) is 0.384. The highest BCUT2D eigenvalue weighted by Crippen LogP contribution is 2.31. The highest BCUT2D eigenvalue weighted by Gasteiger charge is 2.15. The molecule has 0 atom stereocenters. The normalized spacial score (nSPS) is 11.0. The first-order valence-electron chi connectivity index (χ1n) is 9.89. The van der Waals surface area contributed by atoms with Crippen molar-refractivity contribution < 1.29 is 18.5 Å². The van der Waals surface area contributed by atoms with Gasteiger partial charge in [-0.1, -0.05) is 29.4 Å². The molecule has 2 aromatic carbocycles. The molecule has 1 N–H and O–H groups in total. The minimum atomic E-state index is -0.275. The van der Waals surface area contributed by atoms with Crippen LogP contribution in [0.15, 0.2) is 69.6 Å². The number of ether oxygens (including phenoxy) is 1. The van der Waals surface area contributed by atoms with E-state index in [4.69, 9.17) is 13.7 Å². The van der Waals surface area contributed by atoms with E-state index in [1.807, 2.05) is 36.4 Å². The summed E-state index contributed by atoms with van der Waals surface area (Å²) in [7, 11) is 0. The lowest BCUT2D eigenvalue weighted by Gasteiger charge is -2.10. The van der Waals surface area contributed by atoms with Crippen molar-refractivity contribution in [3.05, 3.63) is 83.7 Å². The van der Waals surface area contributed by atoms with Crippen LogP contribution in [0.5, 0.6) is 5.75 Å². The molecule has 0 aliphatic rings. The Morgan fingerprint density at radius 3 is 2.75 bits per heavy atom. The summed E-state index contributed by atoms with van der Waals surface area (Å²) in [5, 5.41) is 7.47. The molecular formula is C23H18N4O4S. The lowest BCUT2D eigenvalue weighted by molar-refractivity contribution is 0.0943. The number of benzene rings is 2. The second-order valence-corrected chi connectivity index (χ2v) is 7.98. The first-order chi connectivity index (χ1) is 15.7. The minimum Gasteiger partial charge on any atom is -0.485 e. The number of aromatic nitrogens is 3. The van der Waals surface area contributed by atoms with Crippen molar-refractivity contribution in [1.29, 1.82) is 0 Å². The fourth-order valence-corrected chi connectivity index (χ4v) is 4.08. The van der Waals surface area contributed by atoms with Crippen molar-refractivity contribution in [3.63, 3.8) is 0 Å². The summed E-state index contributed by atoms with van der Waals surface area (Å²) in [6, 6.07) is 18.6. The van der Waals surface area contributed by atoms with Gasteiger partial charge in [0.25, 0.3) is 5.91 Å². The molecule has 160 valence electrons. The van der Waals surface area contributed by atoms with Gasteiger partial charge in [-0.3, -0.25) is 4.79 Å². The van der Waals surface area contributed by atoms with E-state index in [-0.39, 0.29) is 19.1 Å². The van der Waals surface area contributed by atoms with Gasteiger partial charge in [-0.25, -0.2) is 4.98 Å². The smallest absolute Gasteiger partial charge is 0.255 e. The molecule has 3 aromatic heterocycles. The summed E-state index contributed by atoms with van der Waals surface area (Å²) < 4.78 is 17.7. The van der Waals surface area contributed by atoms with Crippen molar-refractivity contribution in [2.75, 3.05) is 0 Å². The van der Waals surface area contributed by atoms with Crippen LogP contribution < -0.4 is 10.1 Å². The van der Waals surface area contributed by atoms with Crippen LogP contribution in [0, 0.1) is 6.92 Å². The second kappa shape index (κ2) is 8.64. The van der Waals surface area contributed by atoms with Crippen LogP contribution in [0.1, 0.15) is 27.8 Å². The first-order valence-corrected chi connectivity index (χ1v) is 10.7. The average Bonchev–Trinajstić information content (AvgIpc) is 3.55. The van der Waals surface area contributed by atoms with Gasteiger partial charge in [-0.05, 0) is 36.4 Å². The number of amides is 1. The Balaban J connectivity index is 1.24. The van der Waals surface area contributed by atoms with Gasteiger partial charge in [-0.2, -0.15) is 4.98 Å². The van der Waals surface area contributed by atoms with Crippen LogP contribution in [0.3, 0.4) is 0 Å². The summed E-state index contributed by atoms with van der Waals surface area (Å²) in [5.74, 6) is 2.33. The molecule has 9 heteroatoms. The maximum atomic E-state index is 12.8. The number of nitrogens with zero attached hydrogens (tertiary/aromatic N) is 3. The van der Waals surface area contributed by atoms with E-state index < -0.39 is 0 Å². The fraction of sp³-hybridized carbons (Fsp3) is 0.130. The molecular weight excluding hydrogens is 428 g/mol. The number of hydrogen-bond donors (Lipinski definition) is 1. The van der Waals surface area contributed by atoms with E-state index in [1.54, 1.807) is 42.5 Å². The zero-order valence-corrected chi connectivity index (χ0v) is 17.9. The number of hydrogen-bond acceptors (Lipinski definition) is 8. The number of carbonyl (C=O) groups is 1. The van der Waals surface area contributed by atoms with Crippen molar-refractivity contribution >= 4 is 27.5 Å². The molecule has 0 saturated carbocycles. The number of para-hydroxylation sites is 2. The van der Waals surface area contributed by atoms with Crippen LogP contribution >= 0.6 is 11.3 Å². The number of furan rings is 1. The lowest BCUT2D eigenvalue weighted by atomic mass is 10.2. The molecule has 5 rings (SSSR count). The predicted molar refractivity (Wildman–Crippen MR) is 118 cm³/mol. The highest BCUT2D eigenvalue weighted by molar-refractivity contribution is 7.21. The van der Waals surface area contributed by atoms with Crippen LogP contribution in [0.2, 0.25) is 0 Å². The summed E-state index contributed by atoms with van der Waals surface area (Å²) >= 11 is 1.57. The molecule has 3 heterocycles. The predicted octanol–water partition coefficient (Wildman–Crippen LogP) is 4.76. The Bertz CT molecular complexity index is 1350. The zero-order valence-electron chi connectivity index (χ0n) is 17.1. The molecule has 5 aromatic rings. The van der Waals surface area contributed by atoms with Gasteiger partial charge in [0.2, 0.25) is 11.7 Å². The summed E-state index contributed by atoms with van der Waals surface area (Å²) in [6.07, 6.45) is 0. The number of thiazole rings is 1. The van der Waals surface area contributed by atoms with Crippen LogP contribution in [-0.4, -0.2) is 21.0 Å². The Labute approximate surface area is 186 Å². The Morgan fingerprint density at radius 2 is 1.91 bits per heavy atom. The number of nitrogens with one attached hydrogen (secondary N) is 1. The van der Waals surface area contributed by atoms with Crippen LogP contribution in [-0.2, 0) is 13.2 Å². The Hall–Kier alpha value is -3.98. The molecule has 32 heavy (non-hydrogen) atoms. The molecule has 0 spiro atoms. The van der Waals surface area contributed by atoms with Gasteiger partial charge in [0, 0.05) is 6.92 Å². The van der Waals surface area contributed by atoms with Crippen molar-refractivity contribution in [2.24, 2.45) is 0 Å². The standard InChI is InChI=1S/C23H18N4O4S/c1-14-25-21(27-31-14)13-29-18-8-4-2-6-16(18)22(28)24-12-15-10-11-19(30-15)23-26-17-7-3-5-9-20(17)32-23/h2-11H,12-13H2,1H3,(H,24,28). The van der Waals surface area contributed by atoms with Crippen molar-refractivity contribution in [1.82, 2.24) is 20.4 Å². The summed E-state index contributed by atoms with van der Waals surface area (Å²) in [4.78, 5) is 21.5. The first kappa shape index (κ1) is 20.0. The molecule has 0 aliphatic carbocycles. The molecule has 0 fully saturated rings. The van der Waals surface area contributed by atoms with Gasteiger partial charge >= 0.3 is 0 Å². The monoisotopic (exact) mass is 446 g/mol. The molecule has 0 unspecified atom stereocenters. The maximum Gasteiger partial charge on any atom is 0.255 e. The summed E-state index contributed by atoms with van der Waals surface area (Å²) in [6.45, 7) is 2.04. The van der Waals surface area contributed by atoms with Crippen molar-refractivity contribution in [2.45, 2.75) is 20.1 Å². The van der Waals surface area contributed by atoms with E-state index in [2.05, 4.69) is 20.4 Å². The second-order valence-electron chi connectivity index (χ2n) is 6.95. The number of rotatable bonds is 7. The van der Waals surface area contributed by atoms with E-state index in [1.165, 1.54) is 0 Å². The molecule has 8 nitrogen and oxygen atoms in total. The van der Waals surface area contributed by atoms with Gasteiger partial charge in [0.15, 0.2) is 17.4 Å². The average molecular weight is 446 g/mol. The Morgan fingerprint density at radius 1 is 1.06 bits per heavy atom. The molecule has 0 radical (unpaired) electrons. The molecule has 1 amide bonds. The molecule has 0 bridgehead atoms. The molecule has 0 saturated heterocycles. The van der Waals surface area contributed by atoms with Gasteiger partial charge < -0.3 is 19.0 Å². The topological polar surface area (TPSA) is 103 Å². The fourth-order valence-electron chi connectivity index (χ4n) is 3.15. The van der Waals surface area contributed by atoms with Crippen LogP contribution in [0.25, 0.3) is 21.0 Å². The van der Waals surface area contributed by atoms with E-state index in [0.29, 0.717) is 34.5 Å². The lowest BCUT2D eigenvalue weighted by Crippen LogP contribution is -2.23. The van der Waals surface area contributed by atoms with Gasteiger partial charge in [0.1, 0.15) is 11.5 Å². The van der Waals surface area contributed by atoms with Gasteiger partial charge in [0.05, 0.1) is 22.3 Å². The van der Waals surface area contributed by atoms with E-state index >= 15 is 0 Å². The largest absolute Gasteiger partial charge is 0.485 e. The minimum absolute atomic E-state index is 0.103. The van der Waals surface area contributed by atoms with Gasteiger partial charge in [-0.15, -0.1) is 11.3 Å². The van der Waals surface area contributed by atoms with Crippen molar-refractivity contribution in [3.8, 4) is 16.5 Å². The van der Waals surface area contributed by atoms with Crippen LogP contribution in [0.4, 0.5) is 0 Å². The third-order valence-corrected chi connectivity index (χ3v) is 5.70. The highest BCUT2D eigenvalue weighted by atomic mass is 32.1. The SMILES string of the molecule is Cc1nc(COc2ccccc2C(=O)NCc2ccc(-c3nc4ccccc4s3)o2)no1. The Kier molecular flexibility index (Phi) is 5.39. The zero-order chi connectivity index (χ0) is 21.9. The number of fused-ring (bicyclic) bond motifs is 1. The maximum absolute atomic E-state index is 12.8. The summed E-state index contributed by atoms with van der Waals surface area (Å²) in [5.41, 5.74) is 1.34. The third-order valence-electron chi connectivity index (χ3n) is 4.65.